The Morgan fingerprint density at radius 2 is 2.20 bits per heavy atom. The molecule has 0 atom stereocenters. The van der Waals surface area contributed by atoms with Crippen LogP contribution in [-0.2, 0) is 6.42 Å². The predicted octanol–water partition coefficient (Wildman–Crippen LogP) is 1.38. The second kappa shape index (κ2) is 2.64. The minimum absolute atomic E-state index is 0.0287. The molecule has 3 nitrogen and oxygen atoms in total. The van der Waals surface area contributed by atoms with Gasteiger partial charge < -0.3 is 10.2 Å². The molecule has 0 amide bonds. The maximum atomic E-state index is 9.05. The third-order valence-electron chi connectivity index (χ3n) is 1.38. The molecule has 0 saturated carbocycles. The molecule has 0 aromatic carbocycles. The minimum atomic E-state index is 0.0287. The van der Waals surface area contributed by atoms with E-state index in [1.165, 1.54) is 0 Å². The summed E-state index contributed by atoms with van der Waals surface area (Å²) >= 11 is 0. The number of hydrogen-bond acceptors (Lipinski definition) is 2. The Hall–Kier alpha value is -1.12. The number of rotatable bonds is 2. The largest absolute Gasteiger partial charge is 0.495 e. The highest BCUT2D eigenvalue weighted by Gasteiger charge is 2.03. The highest BCUT2D eigenvalue weighted by Crippen LogP contribution is 2.22. The van der Waals surface area contributed by atoms with Crippen molar-refractivity contribution in [2.75, 3.05) is 0 Å². The second-order valence-electron chi connectivity index (χ2n) is 2.28. The van der Waals surface area contributed by atoms with Crippen molar-refractivity contribution >= 4 is 0 Å². The quantitative estimate of drug-likeness (QED) is 0.582. The summed E-state index contributed by atoms with van der Waals surface area (Å²) in [6, 6.07) is 1.54. The van der Waals surface area contributed by atoms with Crippen LogP contribution in [0.3, 0.4) is 0 Å². The number of aromatic nitrogens is 1. The van der Waals surface area contributed by atoms with Crippen LogP contribution in [0.2, 0.25) is 0 Å². The van der Waals surface area contributed by atoms with E-state index in [1.807, 2.05) is 6.92 Å². The van der Waals surface area contributed by atoms with Gasteiger partial charge in [-0.2, -0.15) is 0 Å². The summed E-state index contributed by atoms with van der Waals surface area (Å²) in [5.74, 6) is 0.111. The molecule has 0 aliphatic rings. The highest BCUT2D eigenvalue weighted by atomic mass is 16.3. The Morgan fingerprint density at radius 3 is 2.60 bits per heavy atom. The van der Waals surface area contributed by atoms with Gasteiger partial charge in [-0.1, -0.05) is 13.3 Å². The van der Waals surface area contributed by atoms with Crippen LogP contribution in [0.15, 0.2) is 6.07 Å². The molecule has 1 aromatic rings. The Balaban J connectivity index is 2.81. The third kappa shape index (κ3) is 1.23. The van der Waals surface area contributed by atoms with Gasteiger partial charge in [0.05, 0.1) is 0 Å². The molecule has 0 unspecified atom stereocenters. The normalized spacial score (nSPS) is 10.1. The lowest BCUT2D eigenvalue weighted by molar-refractivity contribution is 0.423. The zero-order valence-corrected chi connectivity index (χ0v) is 5.89. The molecule has 0 aliphatic heterocycles. The van der Waals surface area contributed by atoms with E-state index in [4.69, 9.17) is 10.2 Å². The summed E-state index contributed by atoms with van der Waals surface area (Å²) in [6.07, 6.45) is 1.76. The molecule has 0 aliphatic carbocycles. The van der Waals surface area contributed by atoms with Crippen LogP contribution >= 0.6 is 0 Å². The molecule has 1 aromatic heterocycles. The van der Waals surface area contributed by atoms with E-state index < -0.39 is 0 Å². The van der Waals surface area contributed by atoms with E-state index in [9.17, 15) is 0 Å². The van der Waals surface area contributed by atoms with Gasteiger partial charge in [0, 0.05) is 11.6 Å². The van der Waals surface area contributed by atoms with Crippen molar-refractivity contribution in [3.05, 3.63) is 11.6 Å². The van der Waals surface area contributed by atoms with Crippen molar-refractivity contribution in [2.24, 2.45) is 0 Å². The molecule has 0 saturated heterocycles. The van der Waals surface area contributed by atoms with Crippen LogP contribution in [-0.4, -0.2) is 15.2 Å². The van der Waals surface area contributed by atoms with Gasteiger partial charge in [-0.05, 0) is 6.42 Å². The van der Waals surface area contributed by atoms with E-state index in [1.54, 1.807) is 6.07 Å². The number of H-pyrrole nitrogens is 1. The number of aromatic amines is 1. The molecule has 1 rings (SSSR count). The highest BCUT2D eigenvalue weighted by molar-refractivity contribution is 5.32. The number of aryl methyl sites for hydroxylation is 1. The van der Waals surface area contributed by atoms with Gasteiger partial charge in [-0.25, -0.2) is 0 Å². The minimum Gasteiger partial charge on any atom is -0.495 e. The Bertz CT molecular complexity index is 217. The van der Waals surface area contributed by atoms with Crippen LogP contribution in [0.4, 0.5) is 0 Å². The molecule has 0 fully saturated rings. The fraction of sp³-hybridized carbons (Fsp3) is 0.429. The van der Waals surface area contributed by atoms with E-state index in [-0.39, 0.29) is 11.8 Å². The standard InChI is InChI=1S/C7H11NO2/c1-2-3-5-4-6(9)8-7(5)10/h4,8-10H,2-3H2,1H3. The van der Waals surface area contributed by atoms with Crippen LogP contribution in [0, 0.1) is 0 Å². The summed E-state index contributed by atoms with van der Waals surface area (Å²) < 4.78 is 0. The molecular weight excluding hydrogens is 130 g/mol. The van der Waals surface area contributed by atoms with Gasteiger partial charge in [0.2, 0.25) is 0 Å². The van der Waals surface area contributed by atoms with Crippen molar-refractivity contribution in [3.8, 4) is 11.8 Å². The van der Waals surface area contributed by atoms with Crippen molar-refractivity contribution in [2.45, 2.75) is 19.8 Å². The molecule has 0 radical (unpaired) electrons. The fourth-order valence-corrected chi connectivity index (χ4v) is 0.931. The smallest absolute Gasteiger partial charge is 0.194 e. The predicted molar refractivity (Wildman–Crippen MR) is 38.1 cm³/mol. The average Bonchev–Trinajstić information content (AvgIpc) is 2.13. The van der Waals surface area contributed by atoms with Gasteiger partial charge in [-0.3, -0.25) is 4.98 Å². The molecule has 56 valence electrons. The average molecular weight is 141 g/mol. The van der Waals surface area contributed by atoms with Gasteiger partial charge in [-0.15, -0.1) is 0 Å². The van der Waals surface area contributed by atoms with Gasteiger partial charge in [0.15, 0.2) is 11.8 Å². The third-order valence-corrected chi connectivity index (χ3v) is 1.38. The Morgan fingerprint density at radius 1 is 1.50 bits per heavy atom. The van der Waals surface area contributed by atoms with Crippen molar-refractivity contribution in [1.29, 1.82) is 0 Å². The zero-order chi connectivity index (χ0) is 7.56. The molecular formula is C7H11NO2. The zero-order valence-electron chi connectivity index (χ0n) is 5.89. The van der Waals surface area contributed by atoms with Gasteiger partial charge >= 0.3 is 0 Å². The molecule has 10 heavy (non-hydrogen) atoms. The van der Waals surface area contributed by atoms with Crippen molar-refractivity contribution in [1.82, 2.24) is 4.98 Å². The molecule has 1 heterocycles. The lowest BCUT2D eigenvalue weighted by Gasteiger charge is -1.90. The van der Waals surface area contributed by atoms with E-state index in [2.05, 4.69) is 4.98 Å². The number of nitrogens with one attached hydrogen (secondary N) is 1. The maximum Gasteiger partial charge on any atom is 0.194 e. The molecule has 3 N–H and O–H groups in total. The SMILES string of the molecule is CCCc1cc(O)[nH]c1O. The molecule has 0 bridgehead atoms. The topological polar surface area (TPSA) is 56.2 Å². The van der Waals surface area contributed by atoms with Crippen LogP contribution in [0.5, 0.6) is 11.8 Å². The van der Waals surface area contributed by atoms with Gasteiger partial charge in [0.1, 0.15) is 0 Å². The van der Waals surface area contributed by atoms with Crippen molar-refractivity contribution in [3.63, 3.8) is 0 Å². The Labute approximate surface area is 59.3 Å². The summed E-state index contributed by atoms with van der Waals surface area (Å²) in [4.78, 5) is 2.40. The molecule has 0 spiro atoms. The van der Waals surface area contributed by atoms with Crippen molar-refractivity contribution < 1.29 is 10.2 Å². The first-order valence-electron chi connectivity index (χ1n) is 3.34. The molecule has 3 heteroatoms. The first-order chi connectivity index (χ1) is 4.74. The lowest BCUT2D eigenvalue weighted by atomic mass is 10.2. The Kier molecular flexibility index (Phi) is 1.85. The first-order valence-corrected chi connectivity index (χ1v) is 3.34. The van der Waals surface area contributed by atoms with E-state index >= 15 is 0 Å². The summed E-state index contributed by atoms with van der Waals surface area (Å²) in [5, 5.41) is 17.9. The second-order valence-corrected chi connectivity index (χ2v) is 2.28. The van der Waals surface area contributed by atoms with Gasteiger partial charge in [0.25, 0.3) is 0 Å². The van der Waals surface area contributed by atoms with E-state index in [0.29, 0.717) is 0 Å². The monoisotopic (exact) mass is 141 g/mol. The maximum absolute atomic E-state index is 9.05. The van der Waals surface area contributed by atoms with E-state index in [0.717, 1.165) is 18.4 Å². The number of hydrogen-bond donors (Lipinski definition) is 3. The lowest BCUT2D eigenvalue weighted by Crippen LogP contribution is -1.77. The first kappa shape index (κ1) is 6.99. The summed E-state index contributed by atoms with van der Waals surface area (Å²) in [5.41, 5.74) is 0.778. The van der Waals surface area contributed by atoms with Crippen LogP contribution < -0.4 is 0 Å². The van der Waals surface area contributed by atoms with Crippen LogP contribution in [0.25, 0.3) is 0 Å². The number of aromatic hydroxyl groups is 2. The summed E-state index contributed by atoms with van der Waals surface area (Å²) in [6.45, 7) is 2.02. The fourth-order valence-electron chi connectivity index (χ4n) is 0.931. The van der Waals surface area contributed by atoms with Crippen LogP contribution in [0.1, 0.15) is 18.9 Å². The summed E-state index contributed by atoms with van der Waals surface area (Å²) in [7, 11) is 0.